The SMILES string of the molecule is CCCCCCCC1OC2(CC)OC(=N)C(C#N)(C2C)C1(C#N)C#N. The molecule has 0 radical (unpaired) electrons. The second-order valence-corrected chi connectivity index (χ2v) is 7.08. The van der Waals surface area contributed by atoms with E-state index in [1.807, 2.05) is 6.92 Å². The zero-order valence-corrected chi connectivity index (χ0v) is 15.3. The Kier molecular flexibility index (Phi) is 5.40. The van der Waals surface area contributed by atoms with Gasteiger partial charge < -0.3 is 9.47 Å². The quantitative estimate of drug-likeness (QED) is 0.701. The van der Waals surface area contributed by atoms with Crippen LogP contribution in [-0.4, -0.2) is 17.8 Å². The van der Waals surface area contributed by atoms with Crippen LogP contribution in [0.5, 0.6) is 0 Å². The fourth-order valence-electron chi connectivity index (χ4n) is 4.35. The Morgan fingerprint density at radius 2 is 1.68 bits per heavy atom. The predicted molar refractivity (Wildman–Crippen MR) is 91.0 cm³/mol. The van der Waals surface area contributed by atoms with Crippen molar-refractivity contribution < 1.29 is 9.47 Å². The van der Waals surface area contributed by atoms with Crippen LogP contribution < -0.4 is 0 Å². The van der Waals surface area contributed by atoms with Gasteiger partial charge in [0.25, 0.3) is 0 Å². The fraction of sp³-hybridized carbons (Fsp3) is 0.789. The molecule has 2 aliphatic heterocycles. The molecule has 2 rings (SSSR count). The molecule has 1 N–H and O–H groups in total. The van der Waals surface area contributed by atoms with Gasteiger partial charge in [0.1, 0.15) is 0 Å². The number of unbranched alkanes of at least 4 members (excludes halogenated alkanes) is 4. The highest BCUT2D eigenvalue weighted by Gasteiger charge is 2.78. The summed E-state index contributed by atoms with van der Waals surface area (Å²) < 4.78 is 11.9. The van der Waals surface area contributed by atoms with Gasteiger partial charge in [0.2, 0.25) is 11.7 Å². The maximum absolute atomic E-state index is 9.95. The zero-order chi connectivity index (χ0) is 18.7. The number of ether oxygens (including phenoxy) is 2. The summed E-state index contributed by atoms with van der Waals surface area (Å²) in [5.41, 5.74) is -3.31. The van der Waals surface area contributed by atoms with E-state index in [0.717, 1.165) is 32.1 Å². The minimum absolute atomic E-state index is 0.305. The molecule has 2 heterocycles. The molecule has 25 heavy (non-hydrogen) atoms. The predicted octanol–water partition coefficient (Wildman–Crippen LogP) is 4.04. The second-order valence-electron chi connectivity index (χ2n) is 7.08. The summed E-state index contributed by atoms with van der Waals surface area (Å²) >= 11 is 0. The molecule has 0 spiro atoms. The molecule has 0 aliphatic carbocycles. The Labute approximate surface area is 149 Å². The molecule has 0 aromatic carbocycles. The molecule has 6 nitrogen and oxygen atoms in total. The number of fused-ring (bicyclic) bond motifs is 2. The fourth-order valence-corrected chi connectivity index (χ4v) is 4.35. The maximum atomic E-state index is 9.95. The average Bonchev–Trinajstić information content (AvgIpc) is 2.78. The van der Waals surface area contributed by atoms with E-state index in [9.17, 15) is 15.8 Å². The van der Waals surface area contributed by atoms with E-state index in [1.165, 1.54) is 0 Å². The van der Waals surface area contributed by atoms with Crippen LogP contribution in [0.4, 0.5) is 0 Å². The molecular formula is C19H26N4O2. The summed E-state index contributed by atoms with van der Waals surface area (Å²) in [5, 5.41) is 38.0. The Morgan fingerprint density at radius 3 is 2.20 bits per heavy atom. The highest BCUT2D eigenvalue weighted by atomic mass is 16.7. The number of nitrogens with one attached hydrogen (secondary N) is 1. The largest absolute Gasteiger partial charge is 0.447 e. The molecule has 2 aliphatic rings. The molecular weight excluding hydrogens is 316 g/mol. The molecule has 4 unspecified atom stereocenters. The monoisotopic (exact) mass is 342 g/mol. The molecule has 2 saturated heterocycles. The van der Waals surface area contributed by atoms with Crippen LogP contribution in [0.1, 0.15) is 65.7 Å². The first-order valence-corrected chi connectivity index (χ1v) is 9.14. The van der Waals surface area contributed by atoms with Crippen LogP contribution in [0.3, 0.4) is 0 Å². The summed E-state index contributed by atoms with van der Waals surface area (Å²) in [6.45, 7) is 5.76. The third-order valence-corrected chi connectivity index (χ3v) is 5.98. The number of rotatable bonds is 7. The third-order valence-electron chi connectivity index (χ3n) is 5.98. The van der Waals surface area contributed by atoms with Crippen LogP contribution >= 0.6 is 0 Å². The van der Waals surface area contributed by atoms with Crippen molar-refractivity contribution in [2.45, 2.75) is 77.6 Å². The number of nitriles is 3. The van der Waals surface area contributed by atoms with Crippen LogP contribution in [0.25, 0.3) is 0 Å². The van der Waals surface area contributed by atoms with Crippen LogP contribution in [0.15, 0.2) is 0 Å². The van der Waals surface area contributed by atoms with Crippen molar-refractivity contribution in [1.29, 1.82) is 21.2 Å². The van der Waals surface area contributed by atoms with Crippen molar-refractivity contribution in [3.63, 3.8) is 0 Å². The molecule has 4 atom stereocenters. The van der Waals surface area contributed by atoms with E-state index in [1.54, 1.807) is 6.92 Å². The Bertz CT molecular complexity index is 642. The van der Waals surface area contributed by atoms with Crippen molar-refractivity contribution in [3.8, 4) is 18.2 Å². The summed E-state index contributed by atoms with van der Waals surface area (Å²) in [6.07, 6.45) is 5.44. The van der Waals surface area contributed by atoms with E-state index < -0.39 is 28.6 Å². The zero-order valence-electron chi connectivity index (χ0n) is 15.3. The lowest BCUT2D eigenvalue weighted by Crippen LogP contribution is -2.61. The second kappa shape index (κ2) is 7.03. The van der Waals surface area contributed by atoms with E-state index >= 15 is 0 Å². The van der Waals surface area contributed by atoms with Crippen molar-refractivity contribution in [1.82, 2.24) is 0 Å². The van der Waals surface area contributed by atoms with Gasteiger partial charge in [-0.3, -0.25) is 5.41 Å². The third kappa shape index (κ3) is 2.42. The number of hydrogen-bond acceptors (Lipinski definition) is 6. The van der Waals surface area contributed by atoms with Gasteiger partial charge in [-0.1, -0.05) is 52.9 Å². The summed E-state index contributed by atoms with van der Waals surface area (Å²) in [5.74, 6) is -1.96. The van der Waals surface area contributed by atoms with E-state index in [-0.39, 0.29) is 5.90 Å². The van der Waals surface area contributed by atoms with Gasteiger partial charge in [0.15, 0.2) is 10.8 Å². The molecule has 134 valence electrons. The summed E-state index contributed by atoms with van der Waals surface area (Å²) in [4.78, 5) is 0. The summed E-state index contributed by atoms with van der Waals surface area (Å²) in [6, 6.07) is 6.25. The number of hydrogen-bond donors (Lipinski definition) is 1. The molecule has 0 amide bonds. The first kappa shape index (κ1) is 19.2. The van der Waals surface area contributed by atoms with Gasteiger partial charge in [-0.25, -0.2) is 0 Å². The minimum atomic E-state index is -1.72. The average molecular weight is 342 g/mol. The van der Waals surface area contributed by atoms with Crippen LogP contribution in [0.2, 0.25) is 0 Å². The molecule has 2 fully saturated rings. The highest BCUT2D eigenvalue weighted by Crippen LogP contribution is 2.63. The number of nitrogens with zero attached hydrogens (tertiary/aromatic N) is 3. The van der Waals surface area contributed by atoms with Crippen molar-refractivity contribution in [2.24, 2.45) is 16.7 Å². The maximum Gasteiger partial charge on any atom is 0.216 e. The highest BCUT2D eigenvalue weighted by molar-refractivity contribution is 5.89. The van der Waals surface area contributed by atoms with Gasteiger partial charge in [0, 0.05) is 6.42 Å². The van der Waals surface area contributed by atoms with Crippen LogP contribution in [-0.2, 0) is 9.47 Å². The standard InChI is InChI=1S/C19H26N4O2/c1-4-6-7-8-9-10-15-17(11-20,12-21)18(13-22)14(3)19(5-2,24-15)25-16(18)23/h14-15,23H,4-10H2,1-3H3. The van der Waals surface area contributed by atoms with Gasteiger partial charge in [-0.2, -0.15) is 15.8 Å². The molecule has 0 aromatic heterocycles. The summed E-state index contributed by atoms with van der Waals surface area (Å²) in [7, 11) is 0. The molecule has 0 aromatic rings. The minimum Gasteiger partial charge on any atom is -0.447 e. The smallest absolute Gasteiger partial charge is 0.216 e. The Hall–Kier alpha value is -2.10. The van der Waals surface area contributed by atoms with Crippen LogP contribution in [0, 0.1) is 56.2 Å². The van der Waals surface area contributed by atoms with E-state index in [4.69, 9.17) is 14.9 Å². The van der Waals surface area contributed by atoms with Gasteiger partial charge >= 0.3 is 0 Å². The Balaban J connectivity index is 2.41. The first-order valence-electron chi connectivity index (χ1n) is 9.14. The lowest BCUT2D eigenvalue weighted by molar-refractivity contribution is -0.278. The lowest BCUT2D eigenvalue weighted by Gasteiger charge is -2.48. The Morgan fingerprint density at radius 1 is 1.04 bits per heavy atom. The first-order chi connectivity index (χ1) is 11.9. The molecule has 6 heteroatoms. The van der Waals surface area contributed by atoms with E-state index in [2.05, 4.69) is 25.1 Å². The van der Waals surface area contributed by atoms with Gasteiger partial charge in [-0.05, 0) is 6.42 Å². The van der Waals surface area contributed by atoms with Crippen molar-refractivity contribution in [3.05, 3.63) is 0 Å². The molecule has 2 bridgehead atoms. The molecule has 0 saturated carbocycles. The lowest BCUT2D eigenvalue weighted by atomic mass is 9.54. The van der Waals surface area contributed by atoms with Gasteiger partial charge in [0.05, 0.1) is 30.2 Å². The normalized spacial score (nSPS) is 35.3. The topological polar surface area (TPSA) is 114 Å². The van der Waals surface area contributed by atoms with Crippen molar-refractivity contribution >= 4 is 5.90 Å². The van der Waals surface area contributed by atoms with Crippen molar-refractivity contribution in [2.75, 3.05) is 0 Å². The van der Waals surface area contributed by atoms with E-state index in [0.29, 0.717) is 12.8 Å². The van der Waals surface area contributed by atoms with Gasteiger partial charge in [-0.15, -0.1) is 0 Å².